The van der Waals surface area contributed by atoms with E-state index in [1.165, 1.54) is 25.3 Å². The third-order valence-electron chi connectivity index (χ3n) is 4.60. The van der Waals surface area contributed by atoms with Crippen LogP contribution in [0.25, 0.3) is 6.08 Å². The summed E-state index contributed by atoms with van der Waals surface area (Å²) in [7, 11) is 1.29. The van der Waals surface area contributed by atoms with Gasteiger partial charge >= 0.3 is 5.97 Å². The summed E-state index contributed by atoms with van der Waals surface area (Å²) in [6, 6.07) is 18.9. The molecule has 34 heavy (non-hydrogen) atoms. The van der Waals surface area contributed by atoms with E-state index in [0.717, 1.165) is 10.0 Å². The quantitative estimate of drug-likeness (QED) is 0.183. The Kier molecular flexibility index (Phi) is 8.88. The summed E-state index contributed by atoms with van der Waals surface area (Å²) in [6.45, 7) is 0.196. The van der Waals surface area contributed by atoms with Crippen molar-refractivity contribution in [2.75, 3.05) is 12.4 Å². The van der Waals surface area contributed by atoms with Crippen molar-refractivity contribution in [3.63, 3.8) is 0 Å². The predicted octanol–water partition coefficient (Wildman–Crippen LogP) is 6.78. The highest BCUT2D eigenvalue weighted by atomic mass is 79.9. The summed E-state index contributed by atoms with van der Waals surface area (Å²) < 4.78 is 12.0. The number of methoxy groups -OCH3 is 1. The number of halogens is 3. The van der Waals surface area contributed by atoms with E-state index in [0.29, 0.717) is 32.1 Å². The predicted molar refractivity (Wildman–Crippen MR) is 138 cm³/mol. The van der Waals surface area contributed by atoms with E-state index in [9.17, 15) is 14.9 Å². The van der Waals surface area contributed by atoms with Crippen LogP contribution in [0.15, 0.2) is 75.2 Å². The second-order valence-electron chi connectivity index (χ2n) is 6.88. The van der Waals surface area contributed by atoms with Crippen LogP contribution in [0.3, 0.4) is 0 Å². The minimum Gasteiger partial charge on any atom is -0.487 e. The lowest BCUT2D eigenvalue weighted by atomic mass is 10.1. The number of esters is 1. The fourth-order valence-electron chi connectivity index (χ4n) is 2.92. The Morgan fingerprint density at radius 1 is 1.12 bits per heavy atom. The van der Waals surface area contributed by atoms with Gasteiger partial charge in [0, 0.05) is 26.3 Å². The number of benzene rings is 3. The molecule has 3 rings (SSSR count). The fraction of sp³-hybridized carbons (Fsp3) is 0.0800. The monoisotopic (exact) mass is 602 g/mol. The molecule has 0 aliphatic heterocycles. The van der Waals surface area contributed by atoms with Gasteiger partial charge in [-0.2, -0.15) is 5.26 Å². The second-order valence-corrected chi connectivity index (χ2v) is 9.06. The number of nitrogens with one attached hydrogen (secondary N) is 1. The average molecular weight is 605 g/mol. The van der Waals surface area contributed by atoms with Crippen molar-refractivity contribution in [1.82, 2.24) is 0 Å². The third kappa shape index (κ3) is 6.48. The minimum atomic E-state index is -0.610. The van der Waals surface area contributed by atoms with Crippen molar-refractivity contribution in [3.8, 4) is 11.8 Å². The van der Waals surface area contributed by atoms with Crippen LogP contribution in [0.1, 0.15) is 21.5 Å². The van der Waals surface area contributed by atoms with E-state index >= 15 is 0 Å². The van der Waals surface area contributed by atoms with E-state index in [2.05, 4.69) is 41.9 Å². The van der Waals surface area contributed by atoms with E-state index in [1.807, 2.05) is 24.3 Å². The number of hydrogen-bond acceptors (Lipinski definition) is 5. The van der Waals surface area contributed by atoms with E-state index in [4.69, 9.17) is 16.3 Å². The van der Waals surface area contributed by atoms with Gasteiger partial charge in [0.15, 0.2) is 0 Å². The molecule has 3 aromatic rings. The van der Waals surface area contributed by atoms with Crippen molar-refractivity contribution in [2.45, 2.75) is 6.61 Å². The Morgan fingerprint density at radius 3 is 2.47 bits per heavy atom. The molecule has 0 aromatic heterocycles. The van der Waals surface area contributed by atoms with Crippen LogP contribution in [0.5, 0.6) is 5.75 Å². The first-order valence-corrected chi connectivity index (χ1v) is 11.8. The highest BCUT2D eigenvalue weighted by Gasteiger charge is 2.15. The second kappa shape index (κ2) is 11.8. The highest BCUT2D eigenvalue weighted by Crippen LogP contribution is 2.35. The molecule has 0 spiro atoms. The van der Waals surface area contributed by atoms with Crippen LogP contribution in [0.4, 0.5) is 5.69 Å². The summed E-state index contributed by atoms with van der Waals surface area (Å²) in [5.74, 6) is -0.646. The largest absolute Gasteiger partial charge is 0.487 e. The molecule has 1 amide bonds. The number of nitrogens with zero attached hydrogens (tertiary/aromatic N) is 1. The van der Waals surface area contributed by atoms with Crippen LogP contribution in [0, 0.1) is 11.3 Å². The number of carbonyl (C=O) groups is 2. The molecule has 0 bridgehead atoms. The highest BCUT2D eigenvalue weighted by molar-refractivity contribution is 9.11. The maximum Gasteiger partial charge on any atom is 0.337 e. The molecule has 172 valence electrons. The van der Waals surface area contributed by atoms with E-state index in [-0.39, 0.29) is 12.2 Å². The van der Waals surface area contributed by atoms with Gasteiger partial charge in [0.05, 0.1) is 17.1 Å². The molecule has 0 unspecified atom stereocenters. The summed E-state index contributed by atoms with van der Waals surface area (Å²) >= 11 is 13.1. The molecule has 0 heterocycles. The molecule has 0 saturated carbocycles. The lowest BCUT2D eigenvalue weighted by molar-refractivity contribution is -0.112. The molecule has 9 heteroatoms. The molecular weight excluding hydrogens is 588 g/mol. The zero-order valence-corrected chi connectivity index (χ0v) is 21.7. The van der Waals surface area contributed by atoms with Crippen LogP contribution in [-0.2, 0) is 16.1 Å². The van der Waals surface area contributed by atoms with Crippen molar-refractivity contribution >= 4 is 67.1 Å². The molecule has 0 aliphatic rings. The Balaban J connectivity index is 1.85. The van der Waals surface area contributed by atoms with Crippen molar-refractivity contribution in [3.05, 3.63) is 96.9 Å². The average Bonchev–Trinajstić information content (AvgIpc) is 2.82. The van der Waals surface area contributed by atoms with Gasteiger partial charge in [-0.05, 0) is 64.5 Å². The summed E-state index contributed by atoms with van der Waals surface area (Å²) in [5.41, 5.74) is 1.94. The first kappa shape index (κ1) is 25.5. The number of nitriles is 1. The van der Waals surface area contributed by atoms with Crippen LogP contribution >= 0.6 is 43.5 Å². The van der Waals surface area contributed by atoms with Gasteiger partial charge in [-0.25, -0.2) is 4.79 Å². The molecular formula is C25H17Br2ClN2O4. The lowest BCUT2D eigenvalue weighted by Crippen LogP contribution is -2.13. The Labute approximate surface area is 218 Å². The number of hydrogen-bond donors (Lipinski definition) is 1. The molecule has 0 aliphatic carbocycles. The molecule has 0 atom stereocenters. The number of ether oxygens (including phenoxy) is 2. The van der Waals surface area contributed by atoms with Crippen molar-refractivity contribution in [2.24, 2.45) is 0 Å². The van der Waals surface area contributed by atoms with Crippen molar-refractivity contribution < 1.29 is 19.1 Å². The molecule has 3 aromatic carbocycles. The first-order valence-electron chi connectivity index (χ1n) is 9.79. The maximum absolute atomic E-state index is 12.8. The first-order chi connectivity index (χ1) is 16.3. The number of anilines is 1. The zero-order chi connectivity index (χ0) is 24.7. The number of amides is 1. The van der Waals surface area contributed by atoms with Gasteiger partial charge < -0.3 is 14.8 Å². The Morgan fingerprint density at radius 2 is 1.82 bits per heavy atom. The molecule has 6 nitrogen and oxygen atoms in total. The van der Waals surface area contributed by atoms with Crippen LogP contribution in [-0.4, -0.2) is 19.0 Å². The third-order valence-corrected chi connectivity index (χ3v) is 6.01. The summed E-state index contributed by atoms with van der Waals surface area (Å²) in [4.78, 5) is 24.3. The summed E-state index contributed by atoms with van der Waals surface area (Å²) in [6.07, 6.45) is 1.44. The summed E-state index contributed by atoms with van der Waals surface area (Å²) in [5, 5.41) is 12.9. The normalized spacial score (nSPS) is 10.9. The van der Waals surface area contributed by atoms with Crippen LogP contribution in [0.2, 0.25) is 5.02 Å². The molecule has 0 fully saturated rings. The maximum atomic E-state index is 12.8. The Bertz CT molecular complexity index is 1300. The number of rotatable bonds is 7. The van der Waals surface area contributed by atoms with Gasteiger partial charge in [0.2, 0.25) is 0 Å². The van der Waals surface area contributed by atoms with Crippen molar-refractivity contribution in [1.29, 1.82) is 5.26 Å². The standard InChI is InChI=1S/C25H17Br2ClN2O4/c1-33-25(32)15-6-8-20(9-7-15)30-24(31)18(13-29)10-17-11-19(26)12-21(27)23(17)34-14-16-4-2-3-5-22(16)28/h2-12H,14H2,1H3,(H,30,31)/b18-10+. The zero-order valence-electron chi connectivity index (χ0n) is 17.8. The van der Waals surface area contributed by atoms with Gasteiger partial charge in [0.1, 0.15) is 24.0 Å². The van der Waals surface area contributed by atoms with E-state index in [1.54, 1.807) is 30.3 Å². The van der Waals surface area contributed by atoms with Gasteiger partial charge in [-0.1, -0.05) is 45.7 Å². The number of carbonyl (C=O) groups excluding carboxylic acids is 2. The van der Waals surface area contributed by atoms with E-state index < -0.39 is 11.9 Å². The smallest absolute Gasteiger partial charge is 0.337 e. The van der Waals surface area contributed by atoms with Gasteiger partial charge in [0.25, 0.3) is 5.91 Å². The molecule has 0 radical (unpaired) electrons. The van der Waals surface area contributed by atoms with Crippen LogP contribution < -0.4 is 10.1 Å². The fourth-order valence-corrected chi connectivity index (χ4v) is 4.48. The lowest BCUT2D eigenvalue weighted by Gasteiger charge is -2.13. The Hall–Kier alpha value is -3.12. The van der Waals surface area contributed by atoms with Gasteiger partial charge in [-0.15, -0.1) is 0 Å². The molecule has 1 N–H and O–H groups in total. The minimum absolute atomic E-state index is 0.135. The topological polar surface area (TPSA) is 88.4 Å². The SMILES string of the molecule is COC(=O)c1ccc(NC(=O)/C(C#N)=C/c2cc(Br)cc(Br)c2OCc2ccccc2Cl)cc1. The van der Waals surface area contributed by atoms with Gasteiger partial charge in [-0.3, -0.25) is 4.79 Å². The molecule has 0 saturated heterocycles.